The van der Waals surface area contributed by atoms with Crippen molar-refractivity contribution in [3.8, 4) is 0 Å². The van der Waals surface area contributed by atoms with Crippen molar-refractivity contribution >= 4 is 23.3 Å². The smallest absolute Gasteiger partial charge is 0.337 e. The zero-order valence-electron chi connectivity index (χ0n) is 16.3. The van der Waals surface area contributed by atoms with Gasteiger partial charge >= 0.3 is 5.97 Å². The number of nitrogens with zero attached hydrogens (tertiary/aromatic N) is 2. The van der Waals surface area contributed by atoms with E-state index in [9.17, 15) is 14.7 Å². The summed E-state index contributed by atoms with van der Waals surface area (Å²) < 4.78 is 0. The summed E-state index contributed by atoms with van der Waals surface area (Å²) in [5.74, 6) is -1.28. The van der Waals surface area contributed by atoms with E-state index in [4.69, 9.17) is 0 Å². The second-order valence-corrected chi connectivity index (χ2v) is 6.74. The van der Waals surface area contributed by atoms with Crippen LogP contribution in [0.15, 0.2) is 42.5 Å². The van der Waals surface area contributed by atoms with E-state index in [2.05, 4.69) is 10.2 Å². The van der Waals surface area contributed by atoms with Crippen molar-refractivity contribution in [3.05, 3.63) is 59.2 Å². The van der Waals surface area contributed by atoms with Crippen LogP contribution in [0.1, 0.15) is 33.2 Å². The normalized spacial score (nSPS) is 10.7. The van der Waals surface area contributed by atoms with Crippen molar-refractivity contribution in [3.63, 3.8) is 0 Å². The molecule has 0 aliphatic heterocycles. The third-order valence-corrected chi connectivity index (χ3v) is 4.30. The number of carbonyl (C=O) groups excluding carboxylic acids is 1. The number of carboxylic acid groups (broad SMARTS) is 1. The van der Waals surface area contributed by atoms with Crippen molar-refractivity contribution in [1.29, 1.82) is 0 Å². The van der Waals surface area contributed by atoms with Gasteiger partial charge in [-0.25, -0.2) is 4.79 Å². The lowest BCUT2D eigenvalue weighted by molar-refractivity contribution is 0.0697. The molecule has 0 heterocycles. The first-order valence-corrected chi connectivity index (χ1v) is 8.97. The molecule has 0 aromatic heterocycles. The van der Waals surface area contributed by atoms with Crippen LogP contribution < -0.4 is 10.2 Å². The molecular formula is C21H27N3O3. The summed E-state index contributed by atoms with van der Waals surface area (Å²) in [6.07, 6.45) is 0. The molecule has 0 fully saturated rings. The molecule has 1 amide bonds. The molecule has 6 nitrogen and oxygen atoms in total. The van der Waals surface area contributed by atoms with E-state index in [1.807, 2.05) is 45.0 Å². The molecule has 6 heteroatoms. The van der Waals surface area contributed by atoms with Gasteiger partial charge in [0.2, 0.25) is 0 Å². The Morgan fingerprint density at radius 1 is 1.07 bits per heavy atom. The highest BCUT2D eigenvalue weighted by Crippen LogP contribution is 2.25. The standard InChI is InChI=1S/C21H27N3O3/c1-5-24(12-11-23(3)4)19-10-9-17(14-18(19)21(26)27)22-20(25)16-8-6-7-15(2)13-16/h6-10,13-14H,5,11-12H2,1-4H3,(H,22,25)(H,26,27). The number of anilines is 2. The molecule has 27 heavy (non-hydrogen) atoms. The van der Waals surface area contributed by atoms with Crippen LogP contribution in [0.4, 0.5) is 11.4 Å². The molecule has 2 aromatic carbocycles. The maximum Gasteiger partial charge on any atom is 0.337 e. The molecule has 0 aliphatic carbocycles. The minimum atomic E-state index is -1.01. The van der Waals surface area contributed by atoms with Gasteiger partial charge in [-0.05, 0) is 58.3 Å². The molecular weight excluding hydrogens is 342 g/mol. The molecule has 144 valence electrons. The van der Waals surface area contributed by atoms with Gasteiger partial charge in [0.25, 0.3) is 5.91 Å². The lowest BCUT2D eigenvalue weighted by Crippen LogP contribution is -2.32. The number of carbonyl (C=O) groups is 2. The summed E-state index contributed by atoms with van der Waals surface area (Å²) in [4.78, 5) is 28.3. The Morgan fingerprint density at radius 2 is 1.81 bits per heavy atom. The minimum absolute atomic E-state index is 0.178. The van der Waals surface area contributed by atoms with Gasteiger partial charge in [0.1, 0.15) is 0 Å². The predicted octanol–water partition coefficient (Wildman–Crippen LogP) is 3.33. The molecule has 0 saturated carbocycles. The Bertz CT molecular complexity index is 818. The van der Waals surface area contributed by atoms with Crippen molar-refractivity contribution in [1.82, 2.24) is 4.90 Å². The summed E-state index contributed by atoms with van der Waals surface area (Å²) in [6.45, 7) is 6.15. The summed E-state index contributed by atoms with van der Waals surface area (Å²) in [5, 5.41) is 12.4. The number of aryl methyl sites for hydroxylation is 1. The highest BCUT2D eigenvalue weighted by atomic mass is 16.4. The fourth-order valence-corrected chi connectivity index (χ4v) is 2.82. The zero-order chi connectivity index (χ0) is 20.0. The maximum atomic E-state index is 12.4. The van der Waals surface area contributed by atoms with E-state index < -0.39 is 5.97 Å². The van der Waals surface area contributed by atoms with Crippen LogP contribution in [-0.2, 0) is 0 Å². The van der Waals surface area contributed by atoms with Crippen LogP contribution in [0.2, 0.25) is 0 Å². The molecule has 0 radical (unpaired) electrons. The lowest BCUT2D eigenvalue weighted by Gasteiger charge is -2.26. The largest absolute Gasteiger partial charge is 0.478 e. The van der Waals surface area contributed by atoms with Crippen molar-refractivity contribution < 1.29 is 14.7 Å². The van der Waals surface area contributed by atoms with Gasteiger partial charge in [0.05, 0.1) is 11.3 Å². The van der Waals surface area contributed by atoms with Gasteiger partial charge in [0.15, 0.2) is 0 Å². The summed E-state index contributed by atoms with van der Waals surface area (Å²) in [7, 11) is 3.96. The van der Waals surface area contributed by atoms with Crippen molar-refractivity contribution in [2.75, 3.05) is 43.9 Å². The number of benzene rings is 2. The molecule has 0 atom stereocenters. The lowest BCUT2D eigenvalue weighted by atomic mass is 10.1. The monoisotopic (exact) mass is 369 g/mol. The topological polar surface area (TPSA) is 72.9 Å². The Morgan fingerprint density at radius 3 is 2.41 bits per heavy atom. The van der Waals surface area contributed by atoms with Gasteiger partial charge in [-0.15, -0.1) is 0 Å². The fraction of sp³-hybridized carbons (Fsp3) is 0.333. The first-order chi connectivity index (χ1) is 12.8. The Kier molecular flexibility index (Phi) is 6.96. The molecule has 2 rings (SSSR count). The van der Waals surface area contributed by atoms with Gasteiger partial charge in [-0.1, -0.05) is 17.7 Å². The Labute approximate surface area is 160 Å². The zero-order valence-corrected chi connectivity index (χ0v) is 16.3. The third kappa shape index (κ3) is 5.56. The number of rotatable bonds is 8. The summed E-state index contributed by atoms with van der Waals surface area (Å²) in [6, 6.07) is 12.3. The second kappa shape index (κ2) is 9.19. The molecule has 0 aliphatic rings. The second-order valence-electron chi connectivity index (χ2n) is 6.74. The Balaban J connectivity index is 2.26. The van der Waals surface area contributed by atoms with Gasteiger partial charge < -0.3 is 20.2 Å². The predicted molar refractivity (Wildman–Crippen MR) is 109 cm³/mol. The number of nitrogens with one attached hydrogen (secondary N) is 1. The van der Waals surface area contributed by atoms with E-state index in [0.717, 1.165) is 18.7 Å². The average Bonchev–Trinajstić information content (AvgIpc) is 2.62. The number of aromatic carboxylic acids is 1. The minimum Gasteiger partial charge on any atom is -0.478 e. The first kappa shape index (κ1) is 20.5. The Hall–Kier alpha value is -2.86. The molecule has 2 aromatic rings. The number of likely N-dealkylation sites (N-methyl/N-ethyl adjacent to an activating group) is 2. The van der Waals surface area contributed by atoms with Gasteiger partial charge in [-0.2, -0.15) is 0 Å². The molecule has 0 spiro atoms. The van der Waals surface area contributed by atoms with Crippen molar-refractivity contribution in [2.45, 2.75) is 13.8 Å². The number of carboxylic acids is 1. The van der Waals surface area contributed by atoms with Gasteiger partial charge in [-0.3, -0.25) is 4.79 Å². The number of hydrogen-bond donors (Lipinski definition) is 2. The summed E-state index contributed by atoms with van der Waals surface area (Å²) in [5.41, 5.74) is 2.82. The van der Waals surface area contributed by atoms with E-state index in [1.54, 1.807) is 24.3 Å². The van der Waals surface area contributed by atoms with E-state index in [-0.39, 0.29) is 11.5 Å². The SMILES string of the molecule is CCN(CCN(C)C)c1ccc(NC(=O)c2cccc(C)c2)cc1C(=O)O. The molecule has 0 unspecified atom stereocenters. The van der Waals surface area contributed by atoms with E-state index >= 15 is 0 Å². The van der Waals surface area contributed by atoms with Crippen LogP contribution in [0, 0.1) is 6.92 Å². The quantitative estimate of drug-likeness (QED) is 0.747. The molecule has 0 bridgehead atoms. The fourth-order valence-electron chi connectivity index (χ4n) is 2.82. The summed E-state index contributed by atoms with van der Waals surface area (Å²) >= 11 is 0. The van der Waals surface area contributed by atoms with Gasteiger partial charge in [0, 0.05) is 30.9 Å². The first-order valence-electron chi connectivity index (χ1n) is 8.97. The van der Waals surface area contributed by atoms with E-state index in [1.165, 1.54) is 6.07 Å². The number of amides is 1. The van der Waals surface area contributed by atoms with Crippen LogP contribution in [0.3, 0.4) is 0 Å². The highest BCUT2D eigenvalue weighted by Gasteiger charge is 2.17. The maximum absolute atomic E-state index is 12.4. The molecule has 2 N–H and O–H groups in total. The van der Waals surface area contributed by atoms with Crippen LogP contribution in [-0.4, -0.2) is 55.6 Å². The number of hydrogen-bond acceptors (Lipinski definition) is 4. The van der Waals surface area contributed by atoms with Crippen LogP contribution in [0.5, 0.6) is 0 Å². The van der Waals surface area contributed by atoms with Crippen LogP contribution >= 0.6 is 0 Å². The van der Waals surface area contributed by atoms with Crippen molar-refractivity contribution in [2.24, 2.45) is 0 Å². The van der Waals surface area contributed by atoms with Crippen LogP contribution in [0.25, 0.3) is 0 Å². The highest BCUT2D eigenvalue weighted by molar-refractivity contribution is 6.05. The third-order valence-electron chi connectivity index (χ3n) is 4.30. The van der Waals surface area contributed by atoms with E-state index in [0.29, 0.717) is 23.5 Å². The molecule has 0 saturated heterocycles. The average molecular weight is 369 g/mol.